The summed E-state index contributed by atoms with van der Waals surface area (Å²) in [5.41, 5.74) is 7.08. The van der Waals surface area contributed by atoms with Crippen molar-refractivity contribution in [1.82, 2.24) is 0 Å². The summed E-state index contributed by atoms with van der Waals surface area (Å²) in [5, 5.41) is 11.7. The Morgan fingerprint density at radius 2 is 2.00 bits per heavy atom. The van der Waals surface area contributed by atoms with E-state index in [1.807, 2.05) is 0 Å². The number of benzene rings is 1. The fourth-order valence-corrected chi connectivity index (χ4v) is 2.70. The molecular weight excluding hydrogens is 238 g/mol. The van der Waals surface area contributed by atoms with E-state index in [9.17, 15) is 4.79 Å². The van der Waals surface area contributed by atoms with Crippen LogP contribution >= 0.6 is 0 Å². The molecule has 2 rings (SSSR count). The lowest BCUT2D eigenvalue weighted by Crippen LogP contribution is -2.35. The van der Waals surface area contributed by atoms with E-state index in [-0.39, 0.29) is 11.8 Å². The molecule has 1 aliphatic carbocycles. The van der Waals surface area contributed by atoms with Gasteiger partial charge in [-0.1, -0.05) is 12.8 Å². The Morgan fingerprint density at radius 1 is 1.32 bits per heavy atom. The van der Waals surface area contributed by atoms with Gasteiger partial charge in [-0.25, -0.2) is 0 Å². The molecule has 2 unspecified atom stereocenters. The highest BCUT2D eigenvalue weighted by Gasteiger charge is 2.29. The number of anilines is 1. The molecule has 1 amide bonds. The fourth-order valence-electron chi connectivity index (χ4n) is 2.70. The van der Waals surface area contributed by atoms with Gasteiger partial charge in [0.05, 0.1) is 11.6 Å². The van der Waals surface area contributed by atoms with E-state index < -0.39 is 0 Å². The van der Waals surface area contributed by atoms with Gasteiger partial charge in [0, 0.05) is 11.6 Å². The Labute approximate surface area is 113 Å². The first-order valence-corrected chi connectivity index (χ1v) is 6.75. The predicted octanol–water partition coefficient (Wildman–Crippen LogP) is 2.26. The minimum absolute atomic E-state index is 0.0226. The first kappa shape index (κ1) is 13.6. The van der Waals surface area contributed by atoms with Gasteiger partial charge in [-0.3, -0.25) is 4.79 Å². The standard InChI is InChI=1S/C15H19N3O/c16-9-11-5-7-13(8-6-11)18-15(19)14-4-2-1-3-12(14)10-17/h5-8,12,14H,1-4,10,17H2,(H,18,19). The summed E-state index contributed by atoms with van der Waals surface area (Å²) in [7, 11) is 0. The lowest BCUT2D eigenvalue weighted by atomic mass is 9.78. The van der Waals surface area contributed by atoms with Gasteiger partial charge in [-0.05, 0) is 49.6 Å². The van der Waals surface area contributed by atoms with Crippen LogP contribution in [0.1, 0.15) is 31.2 Å². The number of nitriles is 1. The highest BCUT2D eigenvalue weighted by atomic mass is 16.1. The topological polar surface area (TPSA) is 78.9 Å². The van der Waals surface area contributed by atoms with Crippen LogP contribution in [-0.2, 0) is 4.79 Å². The highest BCUT2D eigenvalue weighted by molar-refractivity contribution is 5.92. The smallest absolute Gasteiger partial charge is 0.227 e. The fraction of sp³-hybridized carbons (Fsp3) is 0.467. The molecule has 0 heterocycles. The van der Waals surface area contributed by atoms with Crippen molar-refractivity contribution < 1.29 is 4.79 Å². The maximum Gasteiger partial charge on any atom is 0.227 e. The molecule has 1 fully saturated rings. The lowest BCUT2D eigenvalue weighted by molar-refractivity contribution is -0.122. The molecule has 1 saturated carbocycles. The van der Waals surface area contributed by atoms with Crippen LogP contribution in [0.4, 0.5) is 5.69 Å². The zero-order valence-electron chi connectivity index (χ0n) is 10.9. The van der Waals surface area contributed by atoms with Gasteiger partial charge in [0.1, 0.15) is 0 Å². The van der Waals surface area contributed by atoms with Crippen LogP contribution in [0.15, 0.2) is 24.3 Å². The zero-order chi connectivity index (χ0) is 13.7. The number of hydrogen-bond acceptors (Lipinski definition) is 3. The van der Waals surface area contributed by atoms with Crippen LogP contribution < -0.4 is 11.1 Å². The second-order valence-electron chi connectivity index (χ2n) is 5.07. The number of amides is 1. The van der Waals surface area contributed by atoms with Crippen molar-refractivity contribution in [2.24, 2.45) is 17.6 Å². The van der Waals surface area contributed by atoms with Gasteiger partial charge in [0.2, 0.25) is 5.91 Å². The van der Waals surface area contributed by atoms with Crippen molar-refractivity contribution >= 4 is 11.6 Å². The van der Waals surface area contributed by atoms with Crippen molar-refractivity contribution in [3.8, 4) is 6.07 Å². The number of nitrogens with two attached hydrogens (primary N) is 1. The molecule has 0 aromatic heterocycles. The largest absolute Gasteiger partial charge is 0.330 e. The van der Waals surface area contributed by atoms with Crippen LogP contribution in [-0.4, -0.2) is 12.5 Å². The minimum atomic E-state index is 0.0226. The van der Waals surface area contributed by atoms with Crippen LogP contribution in [0.2, 0.25) is 0 Å². The van der Waals surface area contributed by atoms with E-state index in [0.717, 1.165) is 24.9 Å². The first-order valence-electron chi connectivity index (χ1n) is 6.75. The summed E-state index contributed by atoms with van der Waals surface area (Å²) in [4.78, 5) is 12.3. The highest BCUT2D eigenvalue weighted by Crippen LogP contribution is 2.30. The molecule has 0 bridgehead atoms. The van der Waals surface area contributed by atoms with Crippen molar-refractivity contribution in [3.05, 3.63) is 29.8 Å². The maximum atomic E-state index is 12.3. The first-order chi connectivity index (χ1) is 9.24. The van der Waals surface area contributed by atoms with Crippen LogP contribution in [0.3, 0.4) is 0 Å². The molecule has 1 aromatic carbocycles. The summed E-state index contributed by atoms with van der Waals surface area (Å²) in [5.74, 6) is 0.376. The molecule has 4 nitrogen and oxygen atoms in total. The Hall–Kier alpha value is -1.86. The predicted molar refractivity (Wildman–Crippen MR) is 74.3 cm³/mol. The van der Waals surface area contributed by atoms with Gasteiger partial charge in [-0.15, -0.1) is 0 Å². The third-order valence-corrected chi connectivity index (χ3v) is 3.83. The molecule has 0 radical (unpaired) electrons. The van der Waals surface area contributed by atoms with E-state index in [0.29, 0.717) is 18.0 Å². The van der Waals surface area contributed by atoms with Gasteiger partial charge >= 0.3 is 0 Å². The molecule has 2 atom stereocenters. The van der Waals surface area contributed by atoms with Gasteiger partial charge in [-0.2, -0.15) is 5.26 Å². The monoisotopic (exact) mass is 257 g/mol. The third-order valence-electron chi connectivity index (χ3n) is 3.83. The quantitative estimate of drug-likeness (QED) is 0.871. The number of carbonyl (C=O) groups is 1. The van der Waals surface area contributed by atoms with Crippen molar-refractivity contribution in [2.75, 3.05) is 11.9 Å². The lowest BCUT2D eigenvalue weighted by Gasteiger charge is -2.29. The summed E-state index contributed by atoms with van der Waals surface area (Å²) in [6.45, 7) is 0.575. The third kappa shape index (κ3) is 3.33. The Kier molecular flexibility index (Phi) is 4.53. The van der Waals surface area contributed by atoms with Crippen molar-refractivity contribution in [3.63, 3.8) is 0 Å². The Morgan fingerprint density at radius 3 is 2.63 bits per heavy atom. The average Bonchev–Trinajstić information content (AvgIpc) is 2.48. The summed E-state index contributed by atoms with van der Waals surface area (Å²) < 4.78 is 0. The van der Waals surface area contributed by atoms with Gasteiger partial charge < -0.3 is 11.1 Å². The Balaban J connectivity index is 2.01. The van der Waals surface area contributed by atoms with Gasteiger partial charge in [0.25, 0.3) is 0 Å². The van der Waals surface area contributed by atoms with E-state index in [4.69, 9.17) is 11.0 Å². The number of nitrogens with one attached hydrogen (secondary N) is 1. The molecular formula is C15H19N3O. The average molecular weight is 257 g/mol. The van der Waals surface area contributed by atoms with E-state index in [1.54, 1.807) is 24.3 Å². The van der Waals surface area contributed by atoms with Gasteiger partial charge in [0.15, 0.2) is 0 Å². The Bertz CT molecular complexity index is 475. The summed E-state index contributed by atoms with van der Waals surface area (Å²) >= 11 is 0. The molecule has 1 aromatic rings. The van der Waals surface area contributed by atoms with Crippen LogP contribution in [0, 0.1) is 23.2 Å². The molecule has 0 spiro atoms. The van der Waals surface area contributed by atoms with Crippen LogP contribution in [0.5, 0.6) is 0 Å². The van der Waals surface area contributed by atoms with E-state index in [1.165, 1.54) is 6.42 Å². The number of rotatable bonds is 3. The second kappa shape index (κ2) is 6.35. The maximum absolute atomic E-state index is 12.3. The summed E-state index contributed by atoms with van der Waals surface area (Å²) in [6.07, 6.45) is 4.23. The normalized spacial score (nSPS) is 22.5. The number of hydrogen-bond donors (Lipinski definition) is 2. The molecule has 4 heteroatoms. The molecule has 19 heavy (non-hydrogen) atoms. The van der Waals surface area contributed by atoms with Crippen molar-refractivity contribution in [1.29, 1.82) is 5.26 Å². The molecule has 100 valence electrons. The molecule has 3 N–H and O–H groups in total. The SMILES string of the molecule is N#Cc1ccc(NC(=O)C2CCCCC2CN)cc1. The number of nitrogens with zero attached hydrogens (tertiary/aromatic N) is 1. The van der Waals surface area contributed by atoms with Crippen LogP contribution in [0.25, 0.3) is 0 Å². The number of carbonyl (C=O) groups excluding carboxylic acids is 1. The van der Waals surface area contributed by atoms with E-state index in [2.05, 4.69) is 11.4 Å². The molecule has 0 aliphatic heterocycles. The second-order valence-corrected chi connectivity index (χ2v) is 5.07. The zero-order valence-corrected chi connectivity index (χ0v) is 10.9. The molecule has 1 aliphatic rings. The van der Waals surface area contributed by atoms with Crippen molar-refractivity contribution in [2.45, 2.75) is 25.7 Å². The summed E-state index contributed by atoms with van der Waals surface area (Å²) in [6, 6.07) is 8.99. The van der Waals surface area contributed by atoms with E-state index >= 15 is 0 Å². The molecule has 0 saturated heterocycles. The minimum Gasteiger partial charge on any atom is -0.330 e.